The minimum atomic E-state index is -0.907. The van der Waals surface area contributed by atoms with E-state index in [1.54, 1.807) is 24.3 Å². The summed E-state index contributed by atoms with van der Waals surface area (Å²) in [6.07, 6.45) is 0.808. The third-order valence-electron chi connectivity index (χ3n) is 3.80. The number of aromatic nitrogens is 2. The number of nitrogens with zero attached hydrogens (tertiary/aromatic N) is 1. The lowest BCUT2D eigenvalue weighted by atomic mass is 9.92. The average molecular weight is 393 g/mol. The lowest BCUT2D eigenvalue weighted by molar-refractivity contribution is -0.123. The molecule has 2 amide bonds. The minimum Gasteiger partial charge on any atom is -0.326 e. The molecule has 1 aliphatic rings. The number of hydrogen-bond acceptors (Lipinski definition) is 5. The van der Waals surface area contributed by atoms with E-state index in [4.69, 9.17) is 11.6 Å². The molecule has 1 aromatic heterocycles. The number of benzene rings is 1. The van der Waals surface area contributed by atoms with E-state index in [1.807, 2.05) is 6.92 Å². The van der Waals surface area contributed by atoms with E-state index in [1.165, 1.54) is 11.8 Å². The van der Waals surface area contributed by atoms with Gasteiger partial charge < -0.3 is 15.6 Å². The highest BCUT2D eigenvalue weighted by Gasteiger charge is 2.34. The molecule has 0 spiro atoms. The molecular formula is C17H17ClN4O3S. The van der Waals surface area contributed by atoms with Crippen molar-refractivity contribution in [3.05, 3.63) is 45.2 Å². The van der Waals surface area contributed by atoms with Crippen molar-refractivity contribution in [2.75, 3.05) is 16.4 Å². The van der Waals surface area contributed by atoms with Gasteiger partial charge >= 0.3 is 0 Å². The van der Waals surface area contributed by atoms with Crippen LogP contribution in [0.2, 0.25) is 5.02 Å². The Hall–Kier alpha value is -2.32. The predicted octanol–water partition coefficient (Wildman–Crippen LogP) is 2.99. The smallest absolute Gasteiger partial charge is 0.257 e. The second-order valence-corrected chi connectivity index (χ2v) is 7.30. The van der Waals surface area contributed by atoms with Gasteiger partial charge in [-0.15, -0.1) is 0 Å². The number of carbonyl (C=O) groups is 2. The number of carbonyl (C=O) groups excluding carboxylic acids is 2. The largest absolute Gasteiger partial charge is 0.326 e. The molecule has 1 atom stereocenters. The maximum absolute atomic E-state index is 12.7. The van der Waals surface area contributed by atoms with Gasteiger partial charge in [-0.25, -0.2) is 4.98 Å². The molecule has 0 bridgehead atoms. The number of aromatic amines is 1. The minimum absolute atomic E-state index is 0.112. The third-order valence-corrected chi connectivity index (χ3v) is 5.13. The van der Waals surface area contributed by atoms with Crippen LogP contribution in [0.4, 0.5) is 11.5 Å². The van der Waals surface area contributed by atoms with Gasteiger partial charge in [0.2, 0.25) is 11.8 Å². The number of halogens is 1. The quantitative estimate of drug-likeness (QED) is 0.536. The molecule has 2 heterocycles. The second-order valence-electron chi connectivity index (χ2n) is 5.78. The van der Waals surface area contributed by atoms with Gasteiger partial charge in [0.1, 0.15) is 5.82 Å². The monoisotopic (exact) mass is 392 g/mol. The molecule has 0 aliphatic carbocycles. The summed E-state index contributed by atoms with van der Waals surface area (Å²) >= 11 is 7.22. The van der Waals surface area contributed by atoms with Crippen molar-refractivity contribution in [2.24, 2.45) is 0 Å². The van der Waals surface area contributed by atoms with Crippen LogP contribution in [0.3, 0.4) is 0 Å². The normalized spacial score (nSPS) is 15.9. The zero-order valence-corrected chi connectivity index (χ0v) is 15.5. The van der Waals surface area contributed by atoms with Gasteiger partial charge in [-0.2, -0.15) is 0 Å². The molecule has 0 fully saturated rings. The number of rotatable bonds is 5. The van der Waals surface area contributed by atoms with E-state index in [-0.39, 0.29) is 23.7 Å². The highest BCUT2D eigenvalue weighted by molar-refractivity contribution is 7.99. The molecule has 3 rings (SSSR count). The van der Waals surface area contributed by atoms with E-state index in [2.05, 4.69) is 20.6 Å². The molecule has 2 aromatic rings. The van der Waals surface area contributed by atoms with Gasteiger partial charge in [-0.1, -0.05) is 30.3 Å². The summed E-state index contributed by atoms with van der Waals surface area (Å²) in [4.78, 5) is 44.2. The Labute approximate surface area is 158 Å². The Bertz CT molecular complexity index is 898. The van der Waals surface area contributed by atoms with E-state index < -0.39 is 17.4 Å². The molecule has 1 aliphatic heterocycles. The number of H-pyrrole nitrogens is 1. The first kappa shape index (κ1) is 18.5. The topological polar surface area (TPSA) is 104 Å². The number of amides is 2. The van der Waals surface area contributed by atoms with Crippen molar-refractivity contribution in [3.63, 3.8) is 0 Å². The first-order valence-corrected chi connectivity index (χ1v) is 9.47. The van der Waals surface area contributed by atoms with Crippen LogP contribution in [0.5, 0.6) is 0 Å². The van der Waals surface area contributed by atoms with Gasteiger partial charge in [0.25, 0.3) is 5.56 Å². The number of hydrogen-bond donors (Lipinski definition) is 3. The number of thioether (sulfide) groups is 1. The molecule has 26 heavy (non-hydrogen) atoms. The Morgan fingerprint density at radius 2 is 2.08 bits per heavy atom. The van der Waals surface area contributed by atoms with Gasteiger partial charge in [0.05, 0.1) is 11.5 Å². The first-order chi connectivity index (χ1) is 12.5. The van der Waals surface area contributed by atoms with Crippen LogP contribution in [0.1, 0.15) is 31.2 Å². The van der Waals surface area contributed by atoms with Crippen LogP contribution in [-0.4, -0.2) is 27.5 Å². The van der Waals surface area contributed by atoms with Crippen LogP contribution in [0.15, 0.2) is 34.2 Å². The van der Waals surface area contributed by atoms with Crippen LogP contribution in [-0.2, 0) is 9.59 Å². The third kappa shape index (κ3) is 4.08. The fourth-order valence-corrected chi connectivity index (χ4v) is 3.45. The molecule has 0 saturated carbocycles. The van der Waals surface area contributed by atoms with Crippen molar-refractivity contribution >= 4 is 46.7 Å². The lowest BCUT2D eigenvalue weighted by Crippen LogP contribution is -2.36. The van der Waals surface area contributed by atoms with Crippen LogP contribution < -0.4 is 16.2 Å². The maximum atomic E-state index is 12.7. The van der Waals surface area contributed by atoms with Gasteiger partial charge in [-0.3, -0.25) is 14.4 Å². The molecule has 136 valence electrons. The first-order valence-electron chi connectivity index (χ1n) is 8.11. The molecule has 0 radical (unpaired) electrons. The number of nitrogens with one attached hydrogen (secondary N) is 3. The molecule has 1 aromatic carbocycles. The predicted molar refractivity (Wildman–Crippen MR) is 102 cm³/mol. The summed E-state index contributed by atoms with van der Waals surface area (Å²) in [5, 5.41) is 6.28. The zero-order chi connectivity index (χ0) is 18.7. The average Bonchev–Trinajstić information content (AvgIpc) is 2.60. The molecule has 9 heteroatoms. The summed E-state index contributed by atoms with van der Waals surface area (Å²) in [6, 6.07) is 6.59. The number of anilines is 2. The molecule has 7 nitrogen and oxygen atoms in total. The highest BCUT2D eigenvalue weighted by atomic mass is 35.5. The summed E-state index contributed by atoms with van der Waals surface area (Å²) in [6.45, 7) is 2.02. The van der Waals surface area contributed by atoms with Crippen LogP contribution in [0, 0.1) is 0 Å². The standard InChI is InChI=1S/C17H17ClN4O3S/c1-2-7-26-17-21-14-13(16(25)22-17)11(8-12(23)20-14)15(24)19-10-5-3-9(18)4-6-10/h3-6,11H,2,7-8H2,1H3,(H,19,24)(H2,20,21,22,23,25)/t11-/m1/s1. The van der Waals surface area contributed by atoms with Crippen molar-refractivity contribution in [3.8, 4) is 0 Å². The Morgan fingerprint density at radius 1 is 1.35 bits per heavy atom. The Kier molecular flexibility index (Phi) is 5.63. The van der Waals surface area contributed by atoms with E-state index >= 15 is 0 Å². The van der Waals surface area contributed by atoms with Gasteiger partial charge in [-0.05, 0) is 30.7 Å². The second kappa shape index (κ2) is 7.92. The Balaban J connectivity index is 1.90. The fourth-order valence-electron chi connectivity index (χ4n) is 2.60. The van der Waals surface area contributed by atoms with Gasteiger partial charge in [0, 0.05) is 22.9 Å². The summed E-state index contributed by atoms with van der Waals surface area (Å²) in [5.41, 5.74) is 0.299. The molecule has 0 saturated heterocycles. The summed E-state index contributed by atoms with van der Waals surface area (Å²) in [5.74, 6) is -0.755. The van der Waals surface area contributed by atoms with E-state index in [0.717, 1.165) is 12.2 Å². The van der Waals surface area contributed by atoms with Crippen molar-refractivity contribution in [1.82, 2.24) is 9.97 Å². The van der Waals surface area contributed by atoms with Crippen molar-refractivity contribution in [1.29, 1.82) is 0 Å². The molecule has 3 N–H and O–H groups in total. The maximum Gasteiger partial charge on any atom is 0.257 e. The van der Waals surface area contributed by atoms with Crippen molar-refractivity contribution in [2.45, 2.75) is 30.8 Å². The fraction of sp³-hybridized carbons (Fsp3) is 0.294. The summed E-state index contributed by atoms with van der Waals surface area (Å²) in [7, 11) is 0. The highest BCUT2D eigenvalue weighted by Crippen LogP contribution is 2.30. The van der Waals surface area contributed by atoms with Crippen LogP contribution >= 0.6 is 23.4 Å². The van der Waals surface area contributed by atoms with Crippen LogP contribution in [0.25, 0.3) is 0 Å². The lowest BCUT2D eigenvalue weighted by Gasteiger charge is -2.23. The van der Waals surface area contributed by atoms with Crippen molar-refractivity contribution < 1.29 is 9.59 Å². The Morgan fingerprint density at radius 3 is 2.77 bits per heavy atom. The molecular weight excluding hydrogens is 376 g/mol. The van der Waals surface area contributed by atoms with E-state index in [0.29, 0.717) is 15.9 Å². The summed E-state index contributed by atoms with van der Waals surface area (Å²) < 4.78 is 0. The molecule has 0 unspecified atom stereocenters. The van der Waals surface area contributed by atoms with E-state index in [9.17, 15) is 14.4 Å². The zero-order valence-electron chi connectivity index (χ0n) is 14.0. The van der Waals surface area contributed by atoms with Gasteiger partial charge in [0.15, 0.2) is 5.16 Å². The SMILES string of the molecule is CCCSc1nc2c(c(=O)[nH]1)[C@H](C(=O)Nc1ccc(Cl)cc1)CC(=O)N2. The number of fused-ring (bicyclic) bond motifs is 1.